The van der Waals surface area contributed by atoms with Crippen LogP contribution in [0.4, 0.5) is 0 Å². The Labute approximate surface area is 363 Å². The highest BCUT2D eigenvalue weighted by molar-refractivity contribution is 5.71. The first-order valence-electron chi connectivity index (χ1n) is 24.5. The number of ether oxygens (including phenoxy) is 3. The minimum absolute atomic E-state index is 0.0962. The van der Waals surface area contributed by atoms with Crippen molar-refractivity contribution < 1.29 is 28.6 Å². The number of hydrogen-bond acceptors (Lipinski definition) is 6. The highest BCUT2D eigenvalue weighted by atomic mass is 16.6. The summed E-state index contributed by atoms with van der Waals surface area (Å²) in [5.74, 6) is -0.955. The lowest BCUT2D eigenvalue weighted by atomic mass is 10.0. The quantitative estimate of drug-likeness (QED) is 0.0200. The second kappa shape index (κ2) is 47.5. The van der Waals surface area contributed by atoms with Gasteiger partial charge in [-0.25, -0.2) is 0 Å². The zero-order valence-electron chi connectivity index (χ0n) is 38.5. The molecule has 0 aromatic rings. The van der Waals surface area contributed by atoms with Crippen molar-refractivity contribution in [2.45, 2.75) is 232 Å². The SMILES string of the molecule is CCC\C=C/C=C\C=C/C=C\C=C/CCCCCCCC(=O)OCC(COC(=O)CCC/C=C\CCCCCC)OC(=O)CCCCCCCCCCCCCCCC. The van der Waals surface area contributed by atoms with Gasteiger partial charge in [0.2, 0.25) is 0 Å². The van der Waals surface area contributed by atoms with Crippen LogP contribution in [0.15, 0.2) is 72.9 Å². The highest BCUT2D eigenvalue weighted by Gasteiger charge is 2.19. The summed E-state index contributed by atoms with van der Waals surface area (Å²) in [6, 6.07) is 0. The molecule has 0 aromatic heterocycles. The summed E-state index contributed by atoms with van der Waals surface area (Å²) in [6.45, 7) is 6.46. The lowest BCUT2D eigenvalue weighted by Gasteiger charge is -2.18. The molecule has 0 aliphatic carbocycles. The number of carbonyl (C=O) groups is 3. The van der Waals surface area contributed by atoms with E-state index < -0.39 is 6.10 Å². The second-order valence-corrected chi connectivity index (χ2v) is 16.1. The molecule has 0 rings (SSSR count). The Balaban J connectivity index is 4.41. The summed E-state index contributed by atoms with van der Waals surface area (Å²) in [5, 5.41) is 0. The van der Waals surface area contributed by atoms with E-state index in [-0.39, 0.29) is 31.1 Å². The van der Waals surface area contributed by atoms with Gasteiger partial charge in [-0.15, -0.1) is 0 Å². The number of allylic oxidation sites excluding steroid dienone is 12. The van der Waals surface area contributed by atoms with Gasteiger partial charge >= 0.3 is 17.9 Å². The normalized spacial score (nSPS) is 12.7. The number of carbonyl (C=O) groups excluding carboxylic acids is 3. The minimum Gasteiger partial charge on any atom is -0.462 e. The Kier molecular flexibility index (Phi) is 45.0. The third kappa shape index (κ3) is 45.8. The van der Waals surface area contributed by atoms with E-state index in [0.717, 1.165) is 77.0 Å². The third-order valence-corrected chi connectivity index (χ3v) is 10.3. The zero-order valence-corrected chi connectivity index (χ0v) is 38.5. The molecule has 0 spiro atoms. The molecule has 338 valence electrons. The fourth-order valence-corrected chi connectivity index (χ4v) is 6.59. The van der Waals surface area contributed by atoms with E-state index in [1.165, 1.54) is 103 Å². The highest BCUT2D eigenvalue weighted by Crippen LogP contribution is 2.15. The van der Waals surface area contributed by atoms with E-state index in [0.29, 0.717) is 25.7 Å². The molecule has 0 N–H and O–H groups in total. The lowest BCUT2D eigenvalue weighted by Crippen LogP contribution is -2.30. The predicted molar refractivity (Wildman–Crippen MR) is 251 cm³/mol. The average molecular weight is 823 g/mol. The van der Waals surface area contributed by atoms with Crippen molar-refractivity contribution in [3.63, 3.8) is 0 Å². The molecular weight excluding hydrogens is 733 g/mol. The van der Waals surface area contributed by atoms with E-state index in [9.17, 15) is 14.4 Å². The van der Waals surface area contributed by atoms with E-state index in [2.05, 4.69) is 69.4 Å². The van der Waals surface area contributed by atoms with Gasteiger partial charge in [-0.1, -0.05) is 222 Å². The maximum absolute atomic E-state index is 12.7. The van der Waals surface area contributed by atoms with Gasteiger partial charge in [0.05, 0.1) is 0 Å². The van der Waals surface area contributed by atoms with Crippen LogP contribution in [-0.2, 0) is 28.6 Å². The molecule has 0 amide bonds. The van der Waals surface area contributed by atoms with E-state index in [1.807, 2.05) is 24.3 Å². The average Bonchev–Trinajstić information content (AvgIpc) is 3.23. The van der Waals surface area contributed by atoms with Gasteiger partial charge in [-0.2, -0.15) is 0 Å². The van der Waals surface area contributed by atoms with Crippen LogP contribution in [-0.4, -0.2) is 37.2 Å². The summed E-state index contributed by atoms with van der Waals surface area (Å²) in [6.07, 6.45) is 58.9. The molecule has 0 aliphatic heterocycles. The molecule has 0 saturated carbocycles. The fourth-order valence-electron chi connectivity index (χ4n) is 6.59. The van der Waals surface area contributed by atoms with Crippen LogP contribution in [0.2, 0.25) is 0 Å². The molecule has 6 heteroatoms. The Morgan fingerprint density at radius 2 is 0.678 bits per heavy atom. The molecule has 59 heavy (non-hydrogen) atoms. The number of rotatable bonds is 43. The Bertz CT molecular complexity index is 1130. The Morgan fingerprint density at radius 3 is 1.15 bits per heavy atom. The van der Waals surface area contributed by atoms with Crippen molar-refractivity contribution in [3.8, 4) is 0 Å². The Morgan fingerprint density at radius 1 is 0.339 bits per heavy atom. The van der Waals surface area contributed by atoms with Gasteiger partial charge in [0.1, 0.15) is 13.2 Å². The van der Waals surface area contributed by atoms with E-state index in [4.69, 9.17) is 14.2 Å². The Hall–Kier alpha value is -3.15. The molecule has 0 radical (unpaired) electrons. The monoisotopic (exact) mass is 823 g/mol. The fraction of sp³-hybridized carbons (Fsp3) is 0.717. The van der Waals surface area contributed by atoms with Gasteiger partial charge in [-0.05, 0) is 57.8 Å². The molecule has 0 bridgehead atoms. The summed E-state index contributed by atoms with van der Waals surface area (Å²) >= 11 is 0. The minimum atomic E-state index is -0.793. The topological polar surface area (TPSA) is 78.9 Å². The molecule has 1 unspecified atom stereocenters. The van der Waals surface area contributed by atoms with Crippen molar-refractivity contribution in [2.75, 3.05) is 13.2 Å². The van der Waals surface area contributed by atoms with Crippen LogP contribution in [0.3, 0.4) is 0 Å². The van der Waals surface area contributed by atoms with E-state index >= 15 is 0 Å². The summed E-state index contributed by atoms with van der Waals surface area (Å²) in [7, 11) is 0. The van der Waals surface area contributed by atoms with Crippen LogP contribution < -0.4 is 0 Å². The van der Waals surface area contributed by atoms with Gasteiger partial charge in [-0.3, -0.25) is 14.4 Å². The first-order chi connectivity index (χ1) is 29.0. The lowest BCUT2D eigenvalue weighted by molar-refractivity contribution is -0.167. The second-order valence-electron chi connectivity index (χ2n) is 16.1. The van der Waals surface area contributed by atoms with Crippen molar-refractivity contribution in [1.82, 2.24) is 0 Å². The maximum Gasteiger partial charge on any atom is 0.306 e. The molecule has 0 heterocycles. The van der Waals surface area contributed by atoms with Crippen molar-refractivity contribution >= 4 is 17.9 Å². The summed E-state index contributed by atoms with van der Waals surface area (Å²) in [4.78, 5) is 37.8. The largest absolute Gasteiger partial charge is 0.462 e. The first kappa shape index (κ1) is 55.9. The van der Waals surface area contributed by atoms with Gasteiger partial charge in [0.15, 0.2) is 6.10 Å². The van der Waals surface area contributed by atoms with Crippen LogP contribution in [0.25, 0.3) is 0 Å². The van der Waals surface area contributed by atoms with Gasteiger partial charge in [0.25, 0.3) is 0 Å². The summed E-state index contributed by atoms with van der Waals surface area (Å²) < 4.78 is 16.7. The van der Waals surface area contributed by atoms with Crippen molar-refractivity contribution in [1.29, 1.82) is 0 Å². The van der Waals surface area contributed by atoms with Crippen molar-refractivity contribution in [2.24, 2.45) is 0 Å². The first-order valence-corrected chi connectivity index (χ1v) is 24.5. The van der Waals surface area contributed by atoms with Gasteiger partial charge in [0, 0.05) is 19.3 Å². The third-order valence-electron chi connectivity index (χ3n) is 10.3. The molecule has 0 fully saturated rings. The number of hydrogen-bond donors (Lipinski definition) is 0. The standard InChI is InChI=1S/C53H90O6/c1-4-7-10-13-16-19-21-23-25-26-27-28-30-31-34-37-40-43-46-52(55)58-49-50(48-57-51(54)45-42-39-36-33-18-15-12-9-6-3)59-53(56)47-44-41-38-35-32-29-24-22-20-17-14-11-8-5-2/h10,13,16,19,21,23,25-28,33,36,50H,4-9,11-12,14-15,17-18,20,22,24,29-32,34-35,37-49H2,1-3H3/b13-10-,19-16-,23-21-,26-25-,28-27-,36-33-. The molecule has 0 aliphatic rings. The number of esters is 3. The molecule has 1 atom stereocenters. The van der Waals surface area contributed by atoms with Crippen LogP contribution >= 0.6 is 0 Å². The molecular formula is C53H90O6. The van der Waals surface area contributed by atoms with Crippen LogP contribution in [0.5, 0.6) is 0 Å². The molecule has 0 aromatic carbocycles. The zero-order chi connectivity index (χ0) is 43.0. The van der Waals surface area contributed by atoms with Gasteiger partial charge < -0.3 is 14.2 Å². The number of unbranched alkanes of at least 4 members (excludes halogenated alkanes) is 24. The summed E-state index contributed by atoms with van der Waals surface area (Å²) in [5.41, 5.74) is 0. The van der Waals surface area contributed by atoms with Crippen LogP contribution in [0.1, 0.15) is 226 Å². The molecule has 0 saturated heterocycles. The maximum atomic E-state index is 12.7. The molecule has 6 nitrogen and oxygen atoms in total. The van der Waals surface area contributed by atoms with Crippen molar-refractivity contribution in [3.05, 3.63) is 72.9 Å². The predicted octanol–water partition coefficient (Wildman–Crippen LogP) is 15.9. The van der Waals surface area contributed by atoms with E-state index in [1.54, 1.807) is 0 Å². The van der Waals surface area contributed by atoms with Crippen LogP contribution in [0, 0.1) is 0 Å². The smallest absolute Gasteiger partial charge is 0.306 e.